The number of rotatable bonds is 4. The average Bonchev–Trinajstić information content (AvgIpc) is 3.32. The molecule has 1 saturated carbocycles. The van der Waals surface area contributed by atoms with Crippen LogP contribution in [0.3, 0.4) is 0 Å². The smallest absolute Gasteiger partial charge is 0.131 e. The van der Waals surface area contributed by atoms with Crippen LogP contribution in [0.25, 0.3) is 0 Å². The third-order valence-electron chi connectivity index (χ3n) is 6.62. The molecule has 2 aliphatic rings. The molecular formula is C20H25N2S2+. The molecule has 4 heteroatoms. The molecule has 4 rings (SSSR count). The highest BCUT2D eigenvalue weighted by Crippen LogP contribution is 2.49. The first-order chi connectivity index (χ1) is 11.6. The third-order valence-corrected chi connectivity index (χ3v) is 8.68. The Morgan fingerprint density at radius 1 is 1.12 bits per heavy atom. The van der Waals surface area contributed by atoms with Crippen LogP contribution in [0.15, 0.2) is 35.0 Å². The zero-order chi connectivity index (χ0) is 16.8. The molecule has 2 fully saturated rings. The van der Waals surface area contributed by atoms with E-state index in [2.05, 4.69) is 55.2 Å². The fraction of sp³-hybridized carbons (Fsp3) is 0.550. The van der Waals surface area contributed by atoms with Crippen molar-refractivity contribution in [2.24, 2.45) is 5.92 Å². The Labute approximate surface area is 152 Å². The summed E-state index contributed by atoms with van der Waals surface area (Å²) in [4.78, 5) is 2.43. The molecule has 2 aromatic rings. The van der Waals surface area contributed by atoms with E-state index in [1.807, 2.05) is 0 Å². The maximum absolute atomic E-state index is 10.3. The van der Waals surface area contributed by atoms with Crippen LogP contribution >= 0.6 is 22.7 Å². The van der Waals surface area contributed by atoms with Crippen molar-refractivity contribution in [3.63, 3.8) is 0 Å². The minimum Gasteiger partial charge on any atom is -0.324 e. The fourth-order valence-corrected chi connectivity index (χ4v) is 6.88. The van der Waals surface area contributed by atoms with E-state index in [0.717, 1.165) is 22.9 Å². The number of likely N-dealkylation sites (tertiary alicyclic amines) is 1. The van der Waals surface area contributed by atoms with E-state index in [4.69, 9.17) is 0 Å². The summed E-state index contributed by atoms with van der Waals surface area (Å²) in [6.07, 6.45) is 6.38. The Morgan fingerprint density at radius 2 is 1.79 bits per heavy atom. The first kappa shape index (κ1) is 16.3. The zero-order valence-corrected chi connectivity index (χ0v) is 16.1. The van der Waals surface area contributed by atoms with Gasteiger partial charge < -0.3 is 4.48 Å². The van der Waals surface area contributed by atoms with Gasteiger partial charge in [-0.15, -0.1) is 22.7 Å². The molecule has 0 aromatic carbocycles. The van der Waals surface area contributed by atoms with Crippen molar-refractivity contribution < 1.29 is 4.48 Å². The van der Waals surface area contributed by atoms with E-state index in [9.17, 15) is 5.26 Å². The van der Waals surface area contributed by atoms with Gasteiger partial charge in [-0.25, -0.2) is 0 Å². The number of nitriles is 1. The van der Waals surface area contributed by atoms with Crippen LogP contribution in [0, 0.1) is 17.2 Å². The van der Waals surface area contributed by atoms with Crippen molar-refractivity contribution in [2.45, 2.75) is 49.6 Å². The van der Waals surface area contributed by atoms with Crippen LogP contribution < -0.4 is 0 Å². The largest absolute Gasteiger partial charge is 0.324 e. The van der Waals surface area contributed by atoms with E-state index < -0.39 is 5.41 Å². The standard InChI is InChI=1S/C20H25N2S2/c1-22(2)16-8-7-15(11-16)12-17(22)13-20(14-21,18-5-3-9-23-18)19-6-4-10-24-19/h3-6,9-10,15-17H,7-8,11-13H2,1-2H3/q+1. The van der Waals surface area contributed by atoms with Crippen LogP contribution in [-0.4, -0.2) is 30.7 Å². The average molecular weight is 358 g/mol. The maximum atomic E-state index is 10.3. The molecule has 0 N–H and O–H groups in total. The molecule has 2 nitrogen and oxygen atoms in total. The second-order valence-corrected chi connectivity index (χ2v) is 9.92. The van der Waals surface area contributed by atoms with Crippen molar-refractivity contribution in [2.75, 3.05) is 14.1 Å². The predicted molar refractivity (Wildman–Crippen MR) is 101 cm³/mol. The lowest BCUT2D eigenvalue weighted by molar-refractivity contribution is -0.943. The molecule has 24 heavy (non-hydrogen) atoms. The number of fused-ring (bicyclic) bond motifs is 2. The Bertz CT molecular complexity index is 690. The molecule has 3 heterocycles. The molecule has 0 spiro atoms. The molecule has 1 aliphatic heterocycles. The summed E-state index contributed by atoms with van der Waals surface area (Å²) >= 11 is 3.47. The van der Waals surface area contributed by atoms with Gasteiger partial charge >= 0.3 is 0 Å². The summed E-state index contributed by atoms with van der Waals surface area (Å²) in [6, 6.07) is 12.6. The SMILES string of the molecule is C[N+]1(C)C2CCC(C2)CC1CC(C#N)(c1cccs1)c1cccs1. The lowest BCUT2D eigenvalue weighted by Gasteiger charge is -2.48. The molecule has 0 amide bonds. The number of hydrogen-bond acceptors (Lipinski definition) is 3. The zero-order valence-electron chi connectivity index (χ0n) is 14.4. The lowest BCUT2D eigenvalue weighted by Crippen LogP contribution is -2.59. The van der Waals surface area contributed by atoms with E-state index in [-0.39, 0.29) is 0 Å². The van der Waals surface area contributed by atoms with Gasteiger partial charge in [-0.3, -0.25) is 0 Å². The van der Waals surface area contributed by atoms with Crippen LogP contribution in [0.4, 0.5) is 0 Å². The van der Waals surface area contributed by atoms with Crippen molar-refractivity contribution in [3.05, 3.63) is 44.8 Å². The molecule has 3 unspecified atom stereocenters. The molecule has 2 bridgehead atoms. The van der Waals surface area contributed by atoms with Crippen LogP contribution in [0.1, 0.15) is 41.9 Å². The monoisotopic (exact) mass is 357 g/mol. The summed E-state index contributed by atoms with van der Waals surface area (Å²) in [5.74, 6) is 0.884. The molecule has 126 valence electrons. The Hall–Kier alpha value is -1.15. The van der Waals surface area contributed by atoms with Crippen LogP contribution in [0.2, 0.25) is 0 Å². The molecule has 1 aliphatic carbocycles. The van der Waals surface area contributed by atoms with Gasteiger partial charge in [-0.2, -0.15) is 5.26 Å². The summed E-state index contributed by atoms with van der Waals surface area (Å²) in [5, 5.41) is 14.5. The van der Waals surface area contributed by atoms with Crippen LogP contribution in [0.5, 0.6) is 0 Å². The first-order valence-electron chi connectivity index (χ1n) is 8.89. The maximum Gasteiger partial charge on any atom is 0.131 e. The summed E-state index contributed by atoms with van der Waals surface area (Å²) in [5.41, 5.74) is -0.473. The topological polar surface area (TPSA) is 23.8 Å². The minimum absolute atomic E-state index is 0.473. The quantitative estimate of drug-likeness (QED) is 0.704. The third kappa shape index (κ3) is 2.45. The summed E-state index contributed by atoms with van der Waals surface area (Å²) in [6.45, 7) is 0. The fourth-order valence-electron chi connectivity index (χ4n) is 5.01. The van der Waals surface area contributed by atoms with Crippen molar-refractivity contribution in [1.29, 1.82) is 5.26 Å². The summed E-state index contributed by atoms with van der Waals surface area (Å²) in [7, 11) is 4.81. The highest BCUT2D eigenvalue weighted by molar-refractivity contribution is 7.11. The second kappa shape index (κ2) is 5.98. The van der Waals surface area contributed by atoms with Crippen molar-refractivity contribution >= 4 is 22.7 Å². The van der Waals surface area contributed by atoms with Gasteiger partial charge in [0, 0.05) is 29.0 Å². The minimum atomic E-state index is -0.473. The van der Waals surface area contributed by atoms with E-state index >= 15 is 0 Å². The van der Waals surface area contributed by atoms with Gasteiger partial charge in [-0.1, -0.05) is 12.1 Å². The van der Waals surface area contributed by atoms with Gasteiger partial charge in [0.05, 0.1) is 32.2 Å². The molecule has 2 aromatic heterocycles. The van der Waals surface area contributed by atoms with Crippen molar-refractivity contribution in [3.8, 4) is 6.07 Å². The predicted octanol–water partition coefficient (Wildman–Crippen LogP) is 5.03. The second-order valence-electron chi connectivity index (χ2n) is 8.03. The molecule has 1 saturated heterocycles. The first-order valence-corrected chi connectivity index (χ1v) is 10.6. The van der Waals surface area contributed by atoms with Gasteiger partial charge in [0.1, 0.15) is 5.41 Å². The van der Waals surface area contributed by atoms with Gasteiger partial charge in [0.2, 0.25) is 0 Å². The number of hydrogen-bond donors (Lipinski definition) is 0. The molecule has 3 atom stereocenters. The summed E-state index contributed by atoms with van der Waals surface area (Å²) < 4.78 is 1.09. The number of thiophene rings is 2. The van der Waals surface area contributed by atoms with Gasteiger partial charge in [0.15, 0.2) is 0 Å². The Balaban J connectivity index is 1.74. The molecular weight excluding hydrogens is 332 g/mol. The van der Waals surface area contributed by atoms with Crippen LogP contribution in [-0.2, 0) is 5.41 Å². The Kier molecular flexibility index (Phi) is 4.07. The highest BCUT2D eigenvalue weighted by atomic mass is 32.1. The highest BCUT2D eigenvalue weighted by Gasteiger charge is 2.51. The van der Waals surface area contributed by atoms with Gasteiger partial charge in [-0.05, 0) is 41.7 Å². The number of piperidine rings is 1. The van der Waals surface area contributed by atoms with Gasteiger partial charge in [0.25, 0.3) is 0 Å². The Morgan fingerprint density at radius 3 is 2.33 bits per heavy atom. The number of quaternary nitrogens is 1. The molecule has 0 radical (unpaired) electrons. The normalized spacial score (nSPS) is 28.6. The van der Waals surface area contributed by atoms with Crippen molar-refractivity contribution in [1.82, 2.24) is 0 Å². The van der Waals surface area contributed by atoms with E-state index in [1.54, 1.807) is 22.7 Å². The van der Waals surface area contributed by atoms with E-state index in [0.29, 0.717) is 6.04 Å². The number of nitrogens with zero attached hydrogens (tertiary/aromatic N) is 2. The lowest BCUT2D eigenvalue weighted by atomic mass is 9.75. The van der Waals surface area contributed by atoms with E-state index in [1.165, 1.54) is 35.4 Å².